The first-order valence-corrected chi connectivity index (χ1v) is 9.57. The van der Waals surface area contributed by atoms with Crippen molar-refractivity contribution in [3.8, 4) is 22.7 Å². The molecule has 3 rings (SSSR count). The number of carbonyl (C=O) groups is 2. The fourth-order valence-corrected chi connectivity index (χ4v) is 3.24. The Labute approximate surface area is 183 Å². The maximum absolute atomic E-state index is 12.7. The van der Waals surface area contributed by atoms with Gasteiger partial charge < -0.3 is 14.6 Å². The number of para-hydroxylation sites is 1. The van der Waals surface area contributed by atoms with Gasteiger partial charge in [0.1, 0.15) is 11.3 Å². The van der Waals surface area contributed by atoms with Gasteiger partial charge in [0.05, 0.1) is 30.4 Å². The lowest BCUT2D eigenvalue weighted by Gasteiger charge is -2.11. The zero-order chi connectivity index (χ0) is 23.6. The van der Waals surface area contributed by atoms with E-state index < -0.39 is 28.3 Å². The Morgan fingerprint density at radius 3 is 2.25 bits per heavy atom. The minimum absolute atomic E-state index is 0.0804. The summed E-state index contributed by atoms with van der Waals surface area (Å²) in [6, 6.07) is 11.2. The molecular formula is C22H21N3O7. The summed E-state index contributed by atoms with van der Waals surface area (Å²) in [5.41, 5.74) is -0.331. The van der Waals surface area contributed by atoms with E-state index in [0.717, 1.165) is 14.2 Å². The normalized spacial score (nSPS) is 10.8. The van der Waals surface area contributed by atoms with E-state index in [-0.39, 0.29) is 28.4 Å². The van der Waals surface area contributed by atoms with E-state index in [9.17, 15) is 24.8 Å². The zero-order valence-electron chi connectivity index (χ0n) is 17.9. The number of hydrogen-bond donors (Lipinski definition) is 1. The maximum atomic E-state index is 12.7. The fourth-order valence-electron chi connectivity index (χ4n) is 3.24. The van der Waals surface area contributed by atoms with Crippen LogP contribution in [0.3, 0.4) is 0 Å². The summed E-state index contributed by atoms with van der Waals surface area (Å²) in [6.07, 6.45) is 0. The third-order valence-corrected chi connectivity index (χ3v) is 4.89. The number of rotatable bonds is 6. The Morgan fingerprint density at radius 1 is 1.09 bits per heavy atom. The van der Waals surface area contributed by atoms with E-state index in [1.165, 1.54) is 16.8 Å². The van der Waals surface area contributed by atoms with Gasteiger partial charge in [-0.2, -0.15) is 5.10 Å². The van der Waals surface area contributed by atoms with Gasteiger partial charge in [0, 0.05) is 6.07 Å². The molecule has 0 atom stereocenters. The van der Waals surface area contributed by atoms with Crippen LogP contribution >= 0.6 is 0 Å². The number of aromatic hydroxyl groups is 1. The first-order valence-electron chi connectivity index (χ1n) is 9.57. The highest BCUT2D eigenvalue weighted by atomic mass is 16.6. The largest absolute Gasteiger partial charge is 0.502 e. The van der Waals surface area contributed by atoms with Gasteiger partial charge in [0.15, 0.2) is 5.69 Å². The van der Waals surface area contributed by atoms with Crippen molar-refractivity contribution in [2.24, 2.45) is 0 Å². The average molecular weight is 439 g/mol. The van der Waals surface area contributed by atoms with Gasteiger partial charge in [0.25, 0.3) is 0 Å². The minimum Gasteiger partial charge on any atom is -0.502 e. The van der Waals surface area contributed by atoms with Gasteiger partial charge in [-0.25, -0.2) is 14.3 Å². The highest BCUT2D eigenvalue weighted by Gasteiger charge is 2.34. The number of carbonyl (C=O) groups excluding carboxylic acids is 2. The molecule has 0 aliphatic heterocycles. The number of phenolic OH excluding ortho intramolecular Hbond substituents is 1. The van der Waals surface area contributed by atoms with Crippen LogP contribution in [0.25, 0.3) is 16.9 Å². The summed E-state index contributed by atoms with van der Waals surface area (Å²) < 4.78 is 10.9. The van der Waals surface area contributed by atoms with E-state index in [2.05, 4.69) is 5.10 Å². The highest BCUT2D eigenvalue weighted by molar-refractivity contribution is 6.07. The van der Waals surface area contributed by atoms with Gasteiger partial charge in [-0.3, -0.25) is 10.1 Å². The molecule has 1 heterocycles. The summed E-state index contributed by atoms with van der Waals surface area (Å²) >= 11 is 0. The Bertz CT molecular complexity index is 1200. The molecule has 10 heteroatoms. The molecule has 10 nitrogen and oxygen atoms in total. The van der Waals surface area contributed by atoms with Crippen molar-refractivity contribution in [1.82, 2.24) is 9.78 Å². The molecule has 2 aromatic carbocycles. The average Bonchev–Trinajstić information content (AvgIpc) is 3.18. The number of esters is 2. The van der Waals surface area contributed by atoms with Crippen LogP contribution in [-0.2, 0) is 9.47 Å². The Kier molecular flexibility index (Phi) is 6.24. The molecule has 0 spiro atoms. The molecule has 0 aliphatic carbocycles. The van der Waals surface area contributed by atoms with Gasteiger partial charge in [-0.05, 0) is 29.7 Å². The molecule has 0 aliphatic rings. The quantitative estimate of drug-likeness (QED) is 0.348. The third kappa shape index (κ3) is 3.89. The lowest BCUT2D eigenvalue weighted by atomic mass is 9.96. The molecule has 166 valence electrons. The van der Waals surface area contributed by atoms with E-state index >= 15 is 0 Å². The van der Waals surface area contributed by atoms with Crippen LogP contribution in [0.2, 0.25) is 0 Å². The number of nitro benzene ring substituents is 1. The summed E-state index contributed by atoms with van der Waals surface area (Å²) in [6.45, 7) is 3.65. The van der Waals surface area contributed by atoms with Crippen LogP contribution in [0.4, 0.5) is 5.69 Å². The molecule has 0 saturated carbocycles. The molecule has 3 aromatic rings. The topological polar surface area (TPSA) is 134 Å². The number of phenols is 1. The number of benzene rings is 2. The first kappa shape index (κ1) is 22.5. The lowest BCUT2D eigenvalue weighted by molar-refractivity contribution is -0.385. The van der Waals surface area contributed by atoms with Crippen molar-refractivity contribution >= 4 is 17.6 Å². The second-order valence-electron chi connectivity index (χ2n) is 7.15. The Morgan fingerprint density at radius 2 is 1.72 bits per heavy atom. The van der Waals surface area contributed by atoms with Crippen molar-refractivity contribution in [1.29, 1.82) is 0 Å². The molecule has 0 radical (unpaired) electrons. The smallest absolute Gasteiger partial charge is 0.357 e. The summed E-state index contributed by atoms with van der Waals surface area (Å²) in [7, 11) is 2.27. The first-order chi connectivity index (χ1) is 15.2. The number of nitrogens with zero attached hydrogens (tertiary/aromatic N) is 3. The molecule has 0 bridgehead atoms. The molecular weight excluding hydrogens is 418 g/mol. The summed E-state index contributed by atoms with van der Waals surface area (Å²) in [5, 5.41) is 26.6. The van der Waals surface area contributed by atoms with E-state index in [4.69, 9.17) is 9.47 Å². The predicted octanol–water partition coefficient (Wildman–Crippen LogP) is 3.85. The number of methoxy groups -OCH3 is 2. The minimum atomic E-state index is -0.917. The SMILES string of the molecule is COC(=O)c1c(-c2cc(C(C)C)cc([N+](=O)[O-])c2O)nn(-c2ccccc2)c1C(=O)OC. The highest BCUT2D eigenvalue weighted by Crippen LogP contribution is 2.41. The van der Waals surface area contributed by atoms with E-state index in [0.29, 0.717) is 11.3 Å². The van der Waals surface area contributed by atoms with Crippen LogP contribution in [0.5, 0.6) is 5.75 Å². The molecule has 0 unspecified atom stereocenters. The number of hydrogen-bond acceptors (Lipinski definition) is 8. The van der Waals surface area contributed by atoms with Crippen LogP contribution in [0.15, 0.2) is 42.5 Å². The standard InChI is InChI=1S/C22H21N3O7/c1-12(2)13-10-15(20(26)16(11-13)25(29)30)18-17(21(27)31-3)19(22(28)32-4)24(23-18)14-8-6-5-7-9-14/h5-12,26H,1-4H3. The summed E-state index contributed by atoms with van der Waals surface area (Å²) in [4.78, 5) is 36.2. The van der Waals surface area contributed by atoms with E-state index in [1.54, 1.807) is 30.3 Å². The molecule has 0 fully saturated rings. The molecule has 0 saturated heterocycles. The van der Waals surface area contributed by atoms with Crippen molar-refractivity contribution < 1.29 is 29.1 Å². The Balaban J connectivity index is 2.47. The molecule has 1 N–H and O–H groups in total. The Hall–Kier alpha value is -4.21. The summed E-state index contributed by atoms with van der Waals surface area (Å²) in [5.74, 6) is -2.61. The van der Waals surface area contributed by atoms with E-state index in [1.807, 2.05) is 13.8 Å². The number of ether oxygens (including phenoxy) is 2. The van der Waals surface area contributed by atoms with Gasteiger partial charge in [-0.1, -0.05) is 32.0 Å². The van der Waals surface area contributed by atoms with Crippen LogP contribution in [-0.4, -0.2) is 46.0 Å². The molecule has 0 amide bonds. The van der Waals surface area contributed by atoms with Crippen molar-refractivity contribution in [3.05, 3.63) is 69.4 Å². The van der Waals surface area contributed by atoms with Gasteiger partial charge in [0.2, 0.25) is 5.75 Å². The van der Waals surface area contributed by atoms with Crippen LogP contribution < -0.4 is 0 Å². The fraction of sp³-hybridized carbons (Fsp3) is 0.227. The predicted molar refractivity (Wildman–Crippen MR) is 114 cm³/mol. The van der Waals surface area contributed by atoms with Crippen LogP contribution in [0, 0.1) is 10.1 Å². The lowest BCUT2D eigenvalue weighted by Crippen LogP contribution is -2.15. The molecule has 32 heavy (non-hydrogen) atoms. The number of nitro groups is 1. The van der Waals surface area contributed by atoms with Crippen molar-refractivity contribution in [3.63, 3.8) is 0 Å². The van der Waals surface area contributed by atoms with Gasteiger partial charge in [-0.15, -0.1) is 0 Å². The zero-order valence-corrected chi connectivity index (χ0v) is 17.9. The van der Waals surface area contributed by atoms with Crippen LogP contribution in [0.1, 0.15) is 46.2 Å². The van der Waals surface area contributed by atoms with Crippen molar-refractivity contribution in [2.75, 3.05) is 14.2 Å². The monoisotopic (exact) mass is 439 g/mol. The second kappa shape index (κ2) is 8.88. The second-order valence-corrected chi connectivity index (χ2v) is 7.15. The molecule has 1 aromatic heterocycles. The van der Waals surface area contributed by atoms with Gasteiger partial charge >= 0.3 is 17.6 Å². The maximum Gasteiger partial charge on any atom is 0.357 e. The third-order valence-electron chi connectivity index (χ3n) is 4.89. The number of aromatic nitrogens is 2. The van der Waals surface area contributed by atoms with Crippen molar-refractivity contribution in [2.45, 2.75) is 19.8 Å².